The second-order valence-corrected chi connectivity index (χ2v) is 5.43. The number of hydrogen-bond donors (Lipinski definition) is 1. The van der Waals surface area contributed by atoms with E-state index in [0.29, 0.717) is 0 Å². The van der Waals surface area contributed by atoms with Gasteiger partial charge in [0.25, 0.3) is 0 Å². The van der Waals surface area contributed by atoms with Gasteiger partial charge in [-0.3, -0.25) is 4.68 Å². The van der Waals surface area contributed by atoms with Crippen molar-refractivity contribution in [1.82, 2.24) is 9.78 Å². The van der Waals surface area contributed by atoms with Crippen LogP contribution in [0.3, 0.4) is 0 Å². The molecule has 1 aromatic heterocycles. The van der Waals surface area contributed by atoms with Crippen molar-refractivity contribution in [3.05, 3.63) is 47.3 Å². The molecular weight excluding hydrogens is 250 g/mol. The Morgan fingerprint density at radius 3 is 3.00 bits per heavy atom. The van der Waals surface area contributed by atoms with E-state index in [9.17, 15) is 0 Å². The molecule has 0 radical (unpaired) electrons. The Kier molecular flexibility index (Phi) is 3.49. The Morgan fingerprint density at radius 2 is 2.25 bits per heavy atom. The largest absolute Gasteiger partial charge is 0.488 e. The summed E-state index contributed by atoms with van der Waals surface area (Å²) in [5.41, 5.74) is 9.85. The second-order valence-electron chi connectivity index (χ2n) is 5.43. The summed E-state index contributed by atoms with van der Waals surface area (Å²) in [5, 5.41) is 4.47. The Hall–Kier alpha value is -1.81. The Bertz CT molecular complexity index is 581. The molecule has 0 saturated carbocycles. The standard InChI is InChI=1S/C16H21N3O/c1-3-19-13(8-11(2)18-19)10-14(17)16-9-12-6-4-5-7-15(12)20-16/h4-8,14,16H,3,9-10,17H2,1-2H3. The fraction of sp³-hybridized carbons (Fsp3) is 0.438. The van der Waals surface area contributed by atoms with E-state index in [4.69, 9.17) is 10.5 Å². The molecule has 20 heavy (non-hydrogen) atoms. The molecule has 106 valence electrons. The third-order valence-electron chi connectivity index (χ3n) is 3.88. The zero-order valence-corrected chi connectivity index (χ0v) is 12.0. The van der Waals surface area contributed by atoms with Crippen LogP contribution in [0.2, 0.25) is 0 Å². The molecule has 2 heterocycles. The van der Waals surface area contributed by atoms with E-state index in [1.165, 1.54) is 11.3 Å². The van der Waals surface area contributed by atoms with Crippen LogP contribution in [0.15, 0.2) is 30.3 Å². The van der Waals surface area contributed by atoms with Crippen LogP contribution < -0.4 is 10.5 Å². The highest BCUT2D eigenvalue weighted by Crippen LogP contribution is 2.29. The van der Waals surface area contributed by atoms with E-state index >= 15 is 0 Å². The summed E-state index contributed by atoms with van der Waals surface area (Å²) in [6, 6.07) is 10.3. The van der Waals surface area contributed by atoms with Crippen molar-refractivity contribution in [2.75, 3.05) is 0 Å². The number of para-hydroxylation sites is 1. The van der Waals surface area contributed by atoms with E-state index in [2.05, 4.69) is 24.2 Å². The first kappa shape index (κ1) is 13.2. The molecule has 0 amide bonds. The number of aryl methyl sites for hydroxylation is 2. The zero-order chi connectivity index (χ0) is 14.1. The fourth-order valence-electron chi connectivity index (χ4n) is 2.86. The minimum absolute atomic E-state index is 0.0104. The van der Waals surface area contributed by atoms with Crippen molar-refractivity contribution < 1.29 is 4.74 Å². The molecular formula is C16H21N3O. The van der Waals surface area contributed by atoms with E-state index < -0.39 is 0 Å². The van der Waals surface area contributed by atoms with Gasteiger partial charge in [0.1, 0.15) is 11.9 Å². The molecule has 0 aliphatic carbocycles. The molecule has 2 N–H and O–H groups in total. The molecule has 1 aliphatic rings. The van der Waals surface area contributed by atoms with Gasteiger partial charge in [-0.05, 0) is 31.5 Å². The van der Waals surface area contributed by atoms with Gasteiger partial charge in [0.05, 0.1) is 5.69 Å². The average Bonchev–Trinajstić information content (AvgIpc) is 3.01. The maximum Gasteiger partial charge on any atom is 0.123 e. The van der Waals surface area contributed by atoms with Crippen LogP contribution >= 0.6 is 0 Å². The molecule has 4 heteroatoms. The van der Waals surface area contributed by atoms with Gasteiger partial charge in [0.2, 0.25) is 0 Å². The Labute approximate surface area is 119 Å². The van der Waals surface area contributed by atoms with Gasteiger partial charge in [-0.1, -0.05) is 18.2 Å². The molecule has 2 unspecified atom stereocenters. The SMILES string of the molecule is CCn1nc(C)cc1CC(N)C1Cc2ccccc2O1. The van der Waals surface area contributed by atoms with Crippen LogP contribution in [0, 0.1) is 6.92 Å². The van der Waals surface area contributed by atoms with Crippen LogP contribution in [0.5, 0.6) is 5.75 Å². The van der Waals surface area contributed by atoms with E-state index in [1.807, 2.05) is 29.8 Å². The molecule has 0 fully saturated rings. The zero-order valence-electron chi connectivity index (χ0n) is 12.0. The molecule has 1 aliphatic heterocycles. The highest BCUT2D eigenvalue weighted by Gasteiger charge is 2.28. The lowest BCUT2D eigenvalue weighted by atomic mass is 10.0. The number of benzene rings is 1. The summed E-state index contributed by atoms with van der Waals surface area (Å²) in [6.45, 7) is 4.99. The quantitative estimate of drug-likeness (QED) is 0.926. The number of fused-ring (bicyclic) bond motifs is 1. The normalized spacial score (nSPS) is 18.6. The van der Waals surface area contributed by atoms with Gasteiger partial charge < -0.3 is 10.5 Å². The monoisotopic (exact) mass is 271 g/mol. The minimum Gasteiger partial charge on any atom is -0.488 e. The average molecular weight is 271 g/mol. The predicted octanol–water partition coefficient (Wildman–Crippen LogP) is 2.08. The number of hydrogen-bond acceptors (Lipinski definition) is 3. The van der Waals surface area contributed by atoms with E-state index in [-0.39, 0.29) is 12.1 Å². The van der Waals surface area contributed by atoms with Gasteiger partial charge in [-0.25, -0.2) is 0 Å². The summed E-state index contributed by atoms with van der Waals surface area (Å²) in [4.78, 5) is 0. The first-order valence-electron chi connectivity index (χ1n) is 7.21. The van der Waals surface area contributed by atoms with Crippen LogP contribution in [-0.2, 0) is 19.4 Å². The van der Waals surface area contributed by atoms with Crippen LogP contribution in [0.1, 0.15) is 23.9 Å². The summed E-state index contributed by atoms with van der Waals surface area (Å²) in [6.07, 6.45) is 1.76. The Morgan fingerprint density at radius 1 is 1.45 bits per heavy atom. The number of aromatic nitrogens is 2. The first-order chi connectivity index (χ1) is 9.67. The minimum atomic E-state index is -0.0104. The summed E-state index contributed by atoms with van der Waals surface area (Å²) in [7, 11) is 0. The number of nitrogens with zero attached hydrogens (tertiary/aromatic N) is 2. The highest BCUT2D eigenvalue weighted by atomic mass is 16.5. The van der Waals surface area contributed by atoms with E-state index in [0.717, 1.165) is 30.8 Å². The van der Waals surface area contributed by atoms with Crippen LogP contribution in [0.4, 0.5) is 0 Å². The van der Waals surface area contributed by atoms with Crippen LogP contribution in [0.25, 0.3) is 0 Å². The molecule has 0 spiro atoms. The first-order valence-corrected chi connectivity index (χ1v) is 7.21. The van der Waals surface area contributed by atoms with E-state index in [1.54, 1.807) is 0 Å². The van der Waals surface area contributed by atoms with Gasteiger partial charge in [0, 0.05) is 31.1 Å². The highest BCUT2D eigenvalue weighted by molar-refractivity contribution is 5.37. The lowest BCUT2D eigenvalue weighted by Gasteiger charge is -2.19. The lowest BCUT2D eigenvalue weighted by molar-refractivity contribution is 0.197. The van der Waals surface area contributed by atoms with Crippen molar-refractivity contribution in [3.63, 3.8) is 0 Å². The maximum atomic E-state index is 6.36. The topological polar surface area (TPSA) is 53.1 Å². The van der Waals surface area contributed by atoms with Crippen molar-refractivity contribution >= 4 is 0 Å². The second kappa shape index (κ2) is 5.29. The molecule has 4 nitrogen and oxygen atoms in total. The van der Waals surface area contributed by atoms with Gasteiger partial charge in [-0.15, -0.1) is 0 Å². The van der Waals surface area contributed by atoms with Crippen molar-refractivity contribution in [2.24, 2.45) is 5.73 Å². The maximum absolute atomic E-state index is 6.36. The van der Waals surface area contributed by atoms with Gasteiger partial charge in [0.15, 0.2) is 0 Å². The molecule has 0 saturated heterocycles. The lowest BCUT2D eigenvalue weighted by Crippen LogP contribution is -2.40. The van der Waals surface area contributed by atoms with Gasteiger partial charge >= 0.3 is 0 Å². The van der Waals surface area contributed by atoms with Crippen molar-refractivity contribution in [2.45, 2.75) is 45.4 Å². The summed E-state index contributed by atoms with van der Waals surface area (Å²) in [5.74, 6) is 0.980. The predicted molar refractivity (Wildman–Crippen MR) is 78.9 cm³/mol. The summed E-state index contributed by atoms with van der Waals surface area (Å²) < 4.78 is 7.99. The van der Waals surface area contributed by atoms with Crippen molar-refractivity contribution in [1.29, 1.82) is 0 Å². The number of rotatable bonds is 4. The molecule has 1 aromatic carbocycles. The van der Waals surface area contributed by atoms with Crippen molar-refractivity contribution in [3.8, 4) is 5.75 Å². The molecule has 0 bridgehead atoms. The third kappa shape index (κ3) is 2.43. The fourth-order valence-corrected chi connectivity index (χ4v) is 2.86. The van der Waals surface area contributed by atoms with Crippen LogP contribution in [-0.4, -0.2) is 21.9 Å². The van der Waals surface area contributed by atoms with Gasteiger partial charge in [-0.2, -0.15) is 5.10 Å². The summed E-state index contributed by atoms with van der Waals surface area (Å²) >= 11 is 0. The molecule has 2 aromatic rings. The molecule has 2 atom stereocenters. The third-order valence-corrected chi connectivity index (χ3v) is 3.88. The number of nitrogens with two attached hydrogens (primary N) is 1. The number of ether oxygens (including phenoxy) is 1. The Balaban J connectivity index is 1.70. The molecule has 3 rings (SSSR count). The smallest absolute Gasteiger partial charge is 0.123 e.